The van der Waals surface area contributed by atoms with Crippen LogP contribution in [0.15, 0.2) is 97.1 Å². The molecule has 1 N–H and O–H groups in total. The summed E-state index contributed by atoms with van der Waals surface area (Å²) in [4.78, 5) is 0. The van der Waals surface area contributed by atoms with Crippen molar-refractivity contribution in [2.75, 3.05) is 0 Å². The number of aromatic nitrogens is 2. The predicted octanol–water partition coefficient (Wildman–Crippen LogP) is 7.06. The topological polar surface area (TPSA) is 47.3 Å². The normalized spacial score (nSPS) is 11.6. The Morgan fingerprint density at radius 2 is 1.51 bits per heavy atom. The summed E-state index contributed by atoms with van der Waals surface area (Å²) in [5.41, 5.74) is 2.26. The maximum atomic E-state index is 13.7. The van der Waals surface area contributed by atoms with E-state index in [1.54, 1.807) is 41.1 Å². The van der Waals surface area contributed by atoms with Crippen LogP contribution in [0.1, 0.15) is 16.7 Å². The summed E-state index contributed by atoms with van der Waals surface area (Å²) in [5, 5.41) is 14.4. The van der Waals surface area contributed by atoms with Gasteiger partial charge in [0.15, 0.2) is 0 Å². The highest BCUT2D eigenvalue weighted by Gasteiger charge is 2.34. The van der Waals surface area contributed by atoms with Crippen LogP contribution in [0.2, 0.25) is 0 Å². The van der Waals surface area contributed by atoms with E-state index in [2.05, 4.69) is 5.10 Å². The van der Waals surface area contributed by atoms with E-state index in [1.165, 1.54) is 6.07 Å². The van der Waals surface area contributed by atoms with Crippen LogP contribution in [0.4, 0.5) is 13.2 Å². The Bertz CT molecular complexity index is 1460. The summed E-state index contributed by atoms with van der Waals surface area (Å²) in [7, 11) is 0. The average Bonchev–Trinajstić information content (AvgIpc) is 3.21. The molecule has 1 heterocycles. The number of phenols is 1. The number of fused-ring (bicyclic) bond motifs is 1. The Labute approximate surface area is 199 Å². The molecule has 4 aromatic carbocycles. The molecule has 0 aliphatic carbocycles. The Morgan fingerprint density at radius 3 is 2.23 bits per heavy atom. The highest BCUT2D eigenvalue weighted by molar-refractivity contribution is 5.95. The summed E-state index contributed by atoms with van der Waals surface area (Å²) in [5.74, 6) is 0.768. The Balaban J connectivity index is 1.52. The number of rotatable bonds is 6. The molecule has 35 heavy (non-hydrogen) atoms. The molecule has 176 valence electrons. The van der Waals surface area contributed by atoms with Gasteiger partial charge in [-0.2, -0.15) is 18.3 Å². The van der Waals surface area contributed by atoms with Crippen molar-refractivity contribution < 1.29 is 23.0 Å². The smallest absolute Gasteiger partial charge is 0.418 e. The molecule has 0 saturated carbocycles. The van der Waals surface area contributed by atoms with Gasteiger partial charge in [0.2, 0.25) is 0 Å². The van der Waals surface area contributed by atoms with Crippen LogP contribution in [0.5, 0.6) is 11.5 Å². The predicted molar refractivity (Wildman–Crippen MR) is 128 cm³/mol. The summed E-state index contributed by atoms with van der Waals surface area (Å²) >= 11 is 0. The monoisotopic (exact) mass is 474 g/mol. The first-order valence-electron chi connectivity index (χ1n) is 11.0. The van der Waals surface area contributed by atoms with E-state index in [0.717, 1.165) is 22.8 Å². The number of phenolic OH excluding ortho intramolecular Hbond substituents is 1. The molecule has 0 unspecified atom stereocenters. The van der Waals surface area contributed by atoms with Gasteiger partial charge in [-0.15, -0.1) is 0 Å². The second kappa shape index (κ2) is 9.18. The van der Waals surface area contributed by atoms with Crippen molar-refractivity contribution in [3.63, 3.8) is 0 Å². The van der Waals surface area contributed by atoms with Crippen LogP contribution >= 0.6 is 0 Å². The SMILES string of the molecule is Oc1cccc(COc2ccc(-c3c4cccc(C(F)(F)F)c4nn3Cc3ccccc3)cc2)c1. The van der Waals surface area contributed by atoms with E-state index in [1.807, 2.05) is 48.5 Å². The van der Waals surface area contributed by atoms with Crippen molar-refractivity contribution in [2.45, 2.75) is 19.3 Å². The number of ether oxygens (including phenoxy) is 1. The minimum Gasteiger partial charge on any atom is -0.508 e. The molecule has 7 heteroatoms. The molecule has 4 nitrogen and oxygen atoms in total. The molecule has 0 saturated heterocycles. The van der Waals surface area contributed by atoms with Gasteiger partial charge in [0.05, 0.1) is 17.8 Å². The fourth-order valence-electron chi connectivity index (χ4n) is 4.08. The standard InChI is InChI=1S/C28H21F3N2O2/c29-28(30,31)25-11-5-10-24-26(25)32-33(17-19-6-2-1-3-7-19)27(24)21-12-14-23(15-13-21)35-18-20-8-4-9-22(34)16-20/h1-16,34H,17-18H2. The first-order chi connectivity index (χ1) is 16.9. The van der Waals surface area contributed by atoms with Crippen LogP contribution in [0, 0.1) is 0 Å². The summed E-state index contributed by atoms with van der Waals surface area (Å²) < 4.78 is 48.6. The van der Waals surface area contributed by atoms with Gasteiger partial charge in [0, 0.05) is 10.9 Å². The molecule has 0 bridgehead atoms. The minimum atomic E-state index is -4.51. The van der Waals surface area contributed by atoms with Gasteiger partial charge in [-0.3, -0.25) is 4.68 Å². The summed E-state index contributed by atoms with van der Waals surface area (Å²) in [6.07, 6.45) is -4.51. The van der Waals surface area contributed by atoms with Gasteiger partial charge in [-0.1, -0.05) is 54.6 Å². The lowest BCUT2D eigenvalue weighted by Crippen LogP contribution is -2.06. The number of aromatic hydroxyl groups is 1. The van der Waals surface area contributed by atoms with Crippen LogP contribution in [-0.2, 0) is 19.3 Å². The van der Waals surface area contributed by atoms with Crippen LogP contribution in [-0.4, -0.2) is 14.9 Å². The van der Waals surface area contributed by atoms with E-state index in [0.29, 0.717) is 23.4 Å². The zero-order chi connectivity index (χ0) is 24.4. The third kappa shape index (κ3) is 4.84. The molecule has 5 aromatic rings. The molecule has 0 aliphatic rings. The van der Waals surface area contributed by atoms with E-state index < -0.39 is 11.7 Å². The Kier molecular flexibility index (Phi) is 5.91. The van der Waals surface area contributed by atoms with Crippen LogP contribution < -0.4 is 4.74 Å². The van der Waals surface area contributed by atoms with Crippen LogP contribution in [0.3, 0.4) is 0 Å². The minimum absolute atomic E-state index is 0.0739. The second-order valence-electron chi connectivity index (χ2n) is 8.17. The summed E-state index contributed by atoms with van der Waals surface area (Å²) in [6.45, 7) is 0.607. The van der Waals surface area contributed by atoms with Gasteiger partial charge in [-0.25, -0.2) is 0 Å². The number of hydrogen-bond acceptors (Lipinski definition) is 3. The van der Waals surface area contributed by atoms with Crippen molar-refractivity contribution in [1.29, 1.82) is 0 Å². The van der Waals surface area contributed by atoms with E-state index in [4.69, 9.17) is 4.74 Å². The molecule has 1 aromatic heterocycles. The van der Waals surface area contributed by atoms with Crippen molar-refractivity contribution in [1.82, 2.24) is 9.78 Å². The number of benzene rings is 4. The lowest BCUT2D eigenvalue weighted by molar-refractivity contribution is -0.136. The van der Waals surface area contributed by atoms with E-state index >= 15 is 0 Å². The number of hydrogen-bond donors (Lipinski definition) is 1. The highest BCUT2D eigenvalue weighted by atomic mass is 19.4. The van der Waals surface area contributed by atoms with Gasteiger partial charge in [-0.05, 0) is 53.6 Å². The zero-order valence-electron chi connectivity index (χ0n) is 18.5. The largest absolute Gasteiger partial charge is 0.508 e. The second-order valence-corrected chi connectivity index (χ2v) is 8.17. The van der Waals surface area contributed by atoms with Gasteiger partial charge in [0.25, 0.3) is 0 Å². The van der Waals surface area contributed by atoms with E-state index in [9.17, 15) is 18.3 Å². The molecule has 0 radical (unpaired) electrons. The maximum absolute atomic E-state index is 13.7. The zero-order valence-corrected chi connectivity index (χ0v) is 18.5. The quantitative estimate of drug-likeness (QED) is 0.287. The number of nitrogens with zero attached hydrogens (tertiary/aromatic N) is 2. The fourth-order valence-corrected chi connectivity index (χ4v) is 4.08. The van der Waals surface area contributed by atoms with Crippen molar-refractivity contribution in [3.05, 3.63) is 114 Å². The van der Waals surface area contributed by atoms with Gasteiger partial charge in [0.1, 0.15) is 23.6 Å². The lowest BCUT2D eigenvalue weighted by Gasteiger charge is -2.11. The van der Waals surface area contributed by atoms with Crippen molar-refractivity contribution in [2.24, 2.45) is 0 Å². The third-order valence-electron chi connectivity index (χ3n) is 5.69. The molecule has 0 fully saturated rings. The first-order valence-corrected chi connectivity index (χ1v) is 11.0. The molecular formula is C28H21F3N2O2. The third-order valence-corrected chi connectivity index (χ3v) is 5.69. The molecule has 0 aliphatic heterocycles. The molecule has 0 amide bonds. The molecule has 5 rings (SSSR count). The number of halogens is 3. The fraction of sp³-hybridized carbons (Fsp3) is 0.107. The Morgan fingerprint density at radius 1 is 0.800 bits per heavy atom. The average molecular weight is 474 g/mol. The number of alkyl halides is 3. The van der Waals surface area contributed by atoms with Gasteiger partial charge < -0.3 is 9.84 Å². The highest BCUT2D eigenvalue weighted by Crippen LogP contribution is 2.38. The van der Waals surface area contributed by atoms with Gasteiger partial charge >= 0.3 is 6.18 Å². The molecule has 0 atom stereocenters. The van der Waals surface area contributed by atoms with Crippen LogP contribution in [0.25, 0.3) is 22.2 Å². The lowest BCUT2D eigenvalue weighted by atomic mass is 10.0. The summed E-state index contributed by atoms with van der Waals surface area (Å²) in [6, 6.07) is 27.6. The maximum Gasteiger partial charge on any atom is 0.418 e. The van der Waals surface area contributed by atoms with Crippen molar-refractivity contribution >= 4 is 10.9 Å². The molecular weight excluding hydrogens is 453 g/mol. The van der Waals surface area contributed by atoms with E-state index in [-0.39, 0.29) is 17.9 Å². The molecule has 0 spiro atoms. The first kappa shape index (κ1) is 22.5. The Hall–Kier alpha value is -4.26. The van der Waals surface area contributed by atoms with Crippen molar-refractivity contribution in [3.8, 4) is 22.8 Å².